The van der Waals surface area contributed by atoms with Gasteiger partial charge in [0.25, 0.3) is 10.0 Å². The minimum absolute atomic E-state index is 0.00439. The van der Waals surface area contributed by atoms with Crippen molar-refractivity contribution in [1.29, 1.82) is 0 Å². The molecule has 1 fully saturated rings. The molecule has 1 aliphatic rings. The van der Waals surface area contributed by atoms with Crippen molar-refractivity contribution in [1.82, 2.24) is 10.2 Å². The first kappa shape index (κ1) is 31.8. The molecule has 4 rings (SSSR count). The van der Waals surface area contributed by atoms with Crippen molar-refractivity contribution >= 4 is 50.7 Å². The highest BCUT2D eigenvalue weighted by Crippen LogP contribution is 2.28. The summed E-state index contributed by atoms with van der Waals surface area (Å²) in [5, 5.41) is 3.79. The van der Waals surface area contributed by atoms with E-state index in [4.69, 9.17) is 23.2 Å². The summed E-state index contributed by atoms with van der Waals surface area (Å²) in [6.45, 7) is 0.961. The smallest absolute Gasteiger partial charge is 0.264 e. The van der Waals surface area contributed by atoms with E-state index in [0.29, 0.717) is 15.6 Å². The van der Waals surface area contributed by atoms with Gasteiger partial charge in [-0.25, -0.2) is 12.8 Å². The van der Waals surface area contributed by atoms with Crippen molar-refractivity contribution in [3.8, 4) is 0 Å². The van der Waals surface area contributed by atoms with Crippen LogP contribution < -0.4 is 9.62 Å². The number of para-hydroxylation sites is 1. The molecule has 0 saturated heterocycles. The molecule has 1 saturated carbocycles. The predicted octanol–water partition coefficient (Wildman–Crippen LogP) is 6.58. The number of rotatable bonds is 11. The molecule has 0 aromatic heterocycles. The Morgan fingerprint density at radius 1 is 0.976 bits per heavy atom. The lowest BCUT2D eigenvalue weighted by Gasteiger charge is -2.34. The van der Waals surface area contributed by atoms with Crippen molar-refractivity contribution in [3.05, 3.63) is 94.2 Å². The molecule has 0 radical (unpaired) electrons. The van der Waals surface area contributed by atoms with Gasteiger partial charge in [0.05, 0.1) is 10.6 Å². The topological polar surface area (TPSA) is 86.8 Å². The zero-order valence-electron chi connectivity index (χ0n) is 23.3. The standard InChI is InChI=1S/C31H34Cl2FN3O4S/c1-2-28(31(39)35-24-11-5-3-6-12-24)36(20-22-17-18-23(32)19-26(22)33)30(38)21-37(29-16-10-9-15-27(29)34)42(40,41)25-13-7-4-8-14-25/h4,7-10,13-19,24,28H,2-3,5-6,11-12,20-21H2,1H3,(H,35,39)/t28-/m0/s1. The number of benzene rings is 3. The number of carbonyl (C=O) groups excluding carboxylic acids is 2. The number of amides is 2. The van der Waals surface area contributed by atoms with Crippen LogP contribution in [-0.2, 0) is 26.2 Å². The molecule has 1 aliphatic carbocycles. The van der Waals surface area contributed by atoms with Crippen molar-refractivity contribution in [2.24, 2.45) is 0 Å². The summed E-state index contributed by atoms with van der Waals surface area (Å²) in [7, 11) is -4.37. The average molecular weight is 635 g/mol. The summed E-state index contributed by atoms with van der Waals surface area (Å²) in [6.07, 6.45) is 5.12. The van der Waals surface area contributed by atoms with Gasteiger partial charge in [0.15, 0.2) is 0 Å². The second-order valence-electron chi connectivity index (χ2n) is 10.3. The molecule has 3 aromatic carbocycles. The summed E-state index contributed by atoms with van der Waals surface area (Å²) >= 11 is 12.5. The molecule has 7 nitrogen and oxygen atoms in total. The molecule has 1 N–H and O–H groups in total. The molecule has 3 aromatic rings. The van der Waals surface area contributed by atoms with E-state index in [9.17, 15) is 18.0 Å². The number of sulfonamides is 1. The minimum atomic E-state index is -4.37. The maximum absolute atomic E-state index is 15.1. The van der Waals surface area contributed by atoms with E-state index >= 15 is 4.39 Å². The number of carbonyl (C=O) groups is 2. The van der Waals surface area contributed by atoms with Crippen LogP contribution in [0.15, 0.2) is 77.7 Å². The quantitative estimate of drug-likeness (QED) is 0.258. The SMILES string of the molecule is CC[C@@H](C(=O)NC1CCCCC1)N(Cc1ccc(Cl)cc1Cl)C(=O)CN(c1ccccc1F)S(=O)(=O)c1ccccc1. The summed E-state index contributed by atoms with van der Waals surface area (Å²) in [4.78, 5) is 29.0. The largest absolute Gasteiger partial charge is 0.352 e. The predicted molar refractivity (Wildman–Crippen MR) is 163 cm³/mol. The minimum Gasteiger partial charge on any atom is -0.352 e. The van der Waals surface area contributed by atoms with Crippen molar-refractivity contribution in [3.63, 3.8) is 0 Å². The van der Waals surface area contributed by atoms with E-state index in [-0.39, 0.29) is 35.5 Å². The fraction of sp³-hybridized carbons (Fsp3) is 0.355. The third-order valence-corrected chi connectivity index (χ3v) is 9.79. The first-order valence-electron chi connectivity index (χ1n) is 14.0. The highest BCUT2D eigenvalue weighted by molar-refractivity contribution is 7.92. The Labute approximate surface area is 256 Å². The summed E-state index contributed by atoms with van der Waals surface area (Å²) in [5.74, 6) is -1.82. The molecular weight excluding hydrogens is 600 g/mol. The van der Waals surface area contributed by atoms with E-state index in [1.54, 1.807) is 37.3 Å². The molecule has 11 heteroatoms. The van der Waals surface area contributed by atoms with E-state index in [1.807, 2.05) is 0 Å². The summed E-state index contributed by atoms with van der Waals surface area (Å²) in [5.41, 5.74) is 0.251. The number of nitrogens with one attached hydrogen (secondary N) is 1. The van der Waals surface area contributed by atoms with Gasteiger partial charge in [0, 0.05) is 22.6 Å². The highest BCUT2D eigenvalue weighted by Gasteiger charge is 2.35. The Morgan fingerprint density at radius 2 is 1.64 bits per heavy atom. The molecular formula is C31H34Cl2FN3O4S. The van der Waals surface area contributed by atoms with Gasteiger partial charge in [-0.3, -0.25) is 13.9 Å². The van der Waals surface area contributed by atoms with Gasteiger partial charge in [-0.15, -0.1) is 0 Å². The maximum atomic E-state index is 15.1. The number of anilines is 1. The van der Waals surface area contributed by atoms with Gasteiger partial charge in [-0.2, -0.15) is 0 Å². The Morgan fingerprint density at radius 3 is 2.29 bits per heavy atom. The van der Waals surface area contributed by atoms with Gasteiger partial charge in [0.2, 0.25) is 11.8 Å². The third kappa shape index (κ3) is 7.62. The highest BCUT2D eigenvalue weighted by atomic mass is 35.5. The van der Waals surface area contributed by atoms with Crippen molar-refractivity contribution < 1.29 is 22.4 Å². The van der Waals surface area contributed by atoms with Crippen LogP contribution in [0.4, 0.5) is 10.1 Å². The molecule has 0 spiro atoms. The van der Waals surface area contributed by atoms with Crippen LogP contribution in [0.5, 0.6) is 0 Å². The Balaban J connectivity index is 1.72. The lowest BCUT2D eigenvalue weighted by atomic mass is 9.95. The summed E-state index contributed by atoms with van der Waals surface area (Å²) < 4.78 is 43.4. The number of hydrogen-bond donors (Lipinski definition) is 1. The fourth-order valence-electron chi connectivity index (χ4n) is 5.18. The van der Waals surface area contributed by atoms with Crippen LogP contribution in [0.25, 0.3) is 0 Å². The van der Waals surface area contributed by atoms with Gasteiger partial charge in [-0.05, 0) is 61.2 Å². The molecule has 0 bridgehead atoms. The number of halogens is 3. The Kier molecular flexibility index (Phi) is 10.9. The number of hydrogen-bond acceptors (Lipinski definition) is 4. The van der Waals surface area contributed by atoms with Gasteiger partial charge >= 0.3 is 0 Å². The first-order valence-corrected chi connectivity index (χ1v) is 16.2. The average Bonchev–Trinajstić information content (AvgIpc) is 2.98. The van der Waals surface area contributed by atoms with E-state index in [0.717, 1.165) is 42.5 Å². The van der Waals surface area contributed by atoms with Gasteiger partial charge in [-0.1, -0.05) is 85.8 Å². The molecule has 42 heavy (non-hydrogen) atoms. The zero-order chi connectivity index (χ0) is 30.3. The molecule has 224 valence electrons. The normalized spacial score (nSPS) is 14.7. The third-order valence-electron chi connectivity index (χ3n) is 7.42. The fourth-order valence-corrected chi connectivity index (χ4v) is 7.10. The first-order chi connectivity index (χ1) is 20.1. The molecule has 2 amide bonds. The zero-order valence-corrected chi connectivity index (χ0v) is 25.6. The van der Waals surface area contributed by atoms with Crippen LogP contribution in [-0.4, -0.2) is 43.8 Å². The maximum Gasteiger partial charge on any atom is 0.264 e. The lowest BCUT2D eigenvalue weighted by molar-refractivity contribution is -0.140. The van der Waals surface area contributed by atoms with Gasteiger partial charge < -0.3 is 10.2 Å². The van der Waals surface area contributed by atoms with Crippen LogP contribution in [0, 0.1) is 5.82 Å². The van der Waals surface area contributed by atoms with Crippen molar-refractivity contribution in [2.75, 3.05) is 10.8 Å². The van der Waals surface area contributed by atoms with Crippen LogP contribution >= 0.6 is 23.2 Å². The Bertz CT molecular complexity index is 1500. The Hall–Kier alpha value is -3.14. The van der Waals surface area contributed by atoms with E-state index in [2.05, 4.69) is 5.32 Å². The van der Waals surface area contributed by atoms with E-state index in [1.165, 1.54) is 41.3 Å². The molecule has 0 heterocycles. The van der Waals surface area contributed by atoms with Crippen molar-refractivity contribution in [2.45, 2.75) is 69.0 Å². The van der Waals surface area contributed by atoms with E-state index < -0.39 is 34.3 Å². The monoisotopic (exact) mass is 633 g/mol. The van der Waals surface area contributed by atoms with Crippen LogP contribution in [0.1, 0.15) is 51.0 Å². The number of nitrogens with zero attached hydrogens (tertiary/aromatic N) is 2. The molecule has 0 unspecified atom stereocenters. The second kappa shape index (κ2) is 14.4. The lowest BCUT2D eigenvalue weighted by Crippen LogP contribution is -2.54. The van der Waals surface area contributed by atoms with Crippen LogP contribution in [0.2, 0.25) is 10.0 Å². The summed E-state index contributed by atoms with van der Waals surface area (Å²) in [6, 6.07) is 16.8. The van der Waals surface area contributed by atoms with Gasteiger partial charge in [0.1, 0.15) is 18.4 Å². The molecule has 0 aliphatic heterocycles. The second-order valence-corrected chi connectivity index (χ2v) is 13.0. The molecule has 1 atom stereocenters. The van der Waals surface area contributed by atoms with Crippen LogP contribution in [0.3, 0.4) is 0 Å².